The van der Waals surface area contributed by atoms with E-state index in [9.17, 15) is 14.3 Å². The molecule has 0 bridgehead atoms. The van der Waals surface area contributed by atoms with E-state index in [4.69, 9.17) is 4.74 Å². The van der Waals surface area contributed by atoms with Crippen LogP contribution in [-0.4, -0.2) is 71.2 Å². The van der Waals surface area contributed by atoms with Crippen molar-refractivity contribution in [2.75, 3.05) is 24.3 Å². The van der Waals surface area contributed by atoms with Crippen molar-refractivity contribution >= 4 is 17.5 Å². The van der Waals surface area contributed by atoms with Gasteiger partial charge < -0.3 is 20.5 Å². The Hall–Kier alpha value is -3.51. The highest BCUT2D eigenvalue weighted by Crippen LogP contribution is 2.38. The summed E-state index contributed by atoms with van der Waals surface area (Å²) in [6.45, 7) is 8.88. The van der Waals surface area contributed by atoms with Gasteiger partial charge in [0.25, 0.3) is 0 Å². The quantitative estimate of drug-likeness (QED) is 0.395. The summed E-state index contributed by atoms with van der Waals surface area (Å²) >= 11 is 0. The van der Waals surface area contributed by atoms with E-state index >= 15 is 0 Å². The van der Waals surface area contributed by atoms with E-state index in [0.717, 1.165) is 25.6 Å². The number of hydrogen-bond donors (Lipinski definition) is 3. The number of hydrogen-bond acceptors (Lipinski definition) is 9. The van der Waals surface area contributed by atoms with Crippen molar-refractivity contribution in [1.29, 1.82) is 0 Å². The maximum Gasteiger partial charge on any atom is 0.350 e. The van der Waals surface area contributed by atoms with Crippen molar-refractivity contribution in [2.45, 2.75) is 83.1 Å². The molecule has 12 heteroatoms. The summed E-state index contributed by atoms with van der Waals surface area (Å²) in [4.78, 5) is 24.1. The second kappa shape index (κ2) is 10.2. The standard InChI is InChI=1S/C27H37FN8O3/c1-26(2)13-18(11-19-7-6-10-35(19)26)31-23-20(28)14-29-24(33-23)32-17-8-9-22(39-5)21(12-17)34-16-30-36(25(34)37)15-27(3,4)38/h8-9,12,14,16,18-19,38H,6-7,10-11,13,15H2,1-5H3,(H2,29,31,32,33)/t18-,19+/m1/s1. The SMILES string of the molecule is COc1ccc(Nc2ncc(F)c(N[C@@H]3C[C@@H]4CCCN4C(C)(C)C3)n2)cc1-n1cnn(CC(C)(C)O)c1=O. The number of halogens is 1. The average molecular weight is 541 g/mol. The number of anilines is 3. The second-order valence-corrected chi connectivity index (χ2v) is 11.7. The first-order chi connectivity index (χ1) is 18.4. The summed E-state index contributed by atoms with van der Waals surface area (Å²) in [5.41, 5.74) is -0.467. The Labute approximate surface area is 227 Å². The van der Waals surface area contributed by atoms with E-state index in [1.807, 2.05) is 0 Å². The van der Waals surface area contributed by atoms with Gasteiger partial charge in [-0.1, -0.05) is 0 Å². The van der Waals surface area contributed by atoms with E-state index in [1.165, 1.54) is 35.5 Å². The van der Waals surface area contributed by atoms with Crippen molar-refractivity contribution in [3.05, 3.63) is 47.0 Å². The molecule has 210 valence electrons. The fraction of sp³-hybridized carbons (Fsp3) is 0.556. The molecule has 4 heterocycles. The highest BCUT2D eigenvalue weighted by atomic mass is 19.1. The third-order valence-corrected chi connectivity index (χ3v) is 7.51. The summed E-state index contributed by atoms with van der Waals surface area (Å²) in [5.74, 6) is 0.331. The van der Waals surface area contributed by atoms with Crippen LogP contribution in [0.2, 0.25) is 0 Å². The van der Waals surface area contributed by atoms with Crippen LogP contribution in [0.5, 0.6) is 5.75 Å². The average Bonchev–Trinajstić information content (AvgIpc) is 3.47. The molecule has 2 saturated heterocycles. The Morgan fingerprint density at radius 1 is 1.31 bits per heavy atom. The summed E-state index contributed by atoms with van der Waals surface area (Å²) in [6.07, 6.45) is 6.75. The van der Waals surface area contributed by atoms with Gasteiger partial charge in [-0.3, -0.25) is 4.90 Å². The Morgan fingerprint density at radius 3 is 2.85 bits per heavy atom. The molecular weight excluding hydrogens is 503 g/mol. The van der Waals surface area contributed by atoms with Crippen LogP contribution in [-0.2, 0) is 6.54 Å². The smallest absolute Gasteiger partial charge is 0.350 e. The maximum atomic E-state index is 14.8. The topological polar surface area (TPSA) is 122 Å². The number of aliphatic hydroxyl groups is 1. The third kappa shape index (κ3) is 5.76. The fourth-order valence-corrected chi connectivity index (χ4v) is 5.90. The van der Waals surface area contributed by atoms with Crippen LogP contribution in [0, 0.1) is 5.82 Å². The molecule has 39 heavy (non-hydrogen) atoms. The van der Waals surface area contributed by atoms with Gasteiger partial charge in [-0.2, -0.15) is 10.1 Å². The summed E-state index contributed by atoms with van der Waals surface area (Å²) in [7, 11) is 1.51. The number of nitrogens with one attached hydrogen (secondary N) is 2. The summed E-state index contributed by atoms with van der Waals surface area (Å²) in [6, 6.07) is 5.78. The van der Waals surface area contributed by atoms with Crippen LogP contribution in [0.4, 0.5) is 21.8 Å². The normalized spacial score (nSPS) is 21.0. The zero-order valence-electron chi connectivity index (χ0n) is 23.1. The van der Waals surface area contributed by atoms with Gasteiger partial charge in [0.2, 0.25) is 5.95 Å². The van der Waals surface area contributed by atoms with Gasteiger partial charge >= 0.3 is 5.69 Å². The lowest BCUT2D eigenvalue weighted by molar-refractivity contribution is 0.0500. The van der Waals surface area contributed by atoms with Crippen molar-refractivity contribution in [3.63, 3.8) is 0 Å². The zero-order chi connectivity index (χ0) is 27.9. The van der Waals surface area contributed by atoms with Gasteiger partial charge in [-0.05, 0) is 78.1 Å². The largest absolute Gasteiger partial charge is 0.495 e. The molecule has 3 N–H and O–H groups in total. The number of aromatic nitrogens is 5. The lowest BCUT2D eigenvalue weighted by Crippen LogP contribution is -2.55. The molecule has 2 aliphatic rings. The van der Waals surface area contributed by atoms with E-state index in [2.05, 4.69) is 44.4 Å². The van der Waals surface area contributed by atoms with E-state index in [1.54, 1.807) is 32.0 Å². The van der Waals surface area contributed by atoms with Crippen molar-refractivity contribution in [2.24, 2.45) is 0 Å². The molecule has 2 fully saturated rings. The highest BCUT2D eigenvalue weighted by Gasteiger charge is 2.43. The molecule has 0 aliphatic carbocycles. The highest BCUT2D eigenvalue weighted by molar-refractivity contribution is 5.63. The second-order valence-electron chi connectivity index (χ2n) is 11.7. The van der Waals surface area contributed by atoms with Crippen LogP contribution >= 0.6 is 0 Å². The summed E-state index contributed by atoms with van der Waals surface area (Å²) in [5, 5.41) is 20.7. The number of benzene rings is 1. The first-order valence-corrected chi connectivity index (χ1v) is 13.3. The molecular formula is C27H37FN8O3. The number of nitrogens with zero attached hydrogens (tertiary/aromatic N) is 6. The predicted molar refractivity (Wildman–Crippen MR) is 146 cm³/mol. The van der Waals surface area contributed by atoms with Crippen LogP contribution in [0.1, 0.15) is 53.4 Å². The molecule has 0 radical (unpaired) electrons. The number of ether oxygens (including phenoxy) is 1. The monoisotopic (exact) mass is 540 g/mol. The number of rotatable bonds is 8. The van der Waals surface area contributed by atoms with E-state index < -0.39 is 17.1 Å². The lowest BCUT2D eigenvalue weighted by atomic mass is 9.84. The predicted octanol–water partition coefficient (Wildman–Crippen LogP) is 3.30. The van der Waals surface area contributed by atoms with Crippen LogP contribution in [0.3, 0.4) is 0 Å². The first kappa shape index (κ1) is 27.1. The van der Waals surface area contributed by atoms with Gasteiger partial charge in [0.15, 0.2) is 11.6 Å². The van der Waals surface area contributed by atoms with Gasteiger partial charge in [-0.15, -0.1) is 0 Å². The minimum Gasteiger partial charge on any atom is -0.495 e. The lowest BCUT2D eigenvalue weighted by Gasteiger charge is -2.47. The molecule has 2 aromatic heterocycles. The Bertz CT molecular complexity index is 1400. The van der Waals surface area contributed by atoms with Gasteiger partial charge in [0.1, 0.15) is 12.1 Å². The van der Waals surface area contributed by atoms with Crippen molar-refractivity contribution in [1.82, 2.24) is 29.2 Å². The molecule has 5 rings (SSSR count). The molecule has 0 saturated carbocycles. The third-order valence-electron chi connectivity index (χ3n) is 7.51. The Morgan fingerprint density at radius 2 is 2.10 bits per heavy atom. The first-order valence-electron chi connectivity index (χ1n) is 13.3. The van der Waals surface area contributed by atoms with E-state index in [-0.39, 0.29) is 29.9 Å². The molecule has 3 aromatic rings. The zero-order valence-corrected chi connectivity index (χ0v) is 23.1. The molecule has 2 aliphatic heterocycles. The van der Waals surface area contributed by atoms with Gasteiger partial charge in [0, 0.05) is 23.3 Å². The van der Waals surface area contributed by atoms with Crippen LogP contribution in [0.25, 0.3) is 5.69 Å². The number of fused-ring (bicyclic) bond motifs is 1. The number of methoxy groups -OCH3 is 1. The van der Waals surface area contributed by atoms with Gasteiger partial charge in [0.05, 0.1) is 31.1 Å². The fourth-order valence-electron chi connectivity index (χ4n) is 5.90. The maximum absolute atomic E-state index is 14.8. The van der Waals surface area contributed by atoms with Crippen LogP contribution in [0.15, 0.2) is 35.5 Å². The molecule has 11 nitrogen and oxygen atoms in total. The minimum atomic E-state index is -1.11. The molecule has 0 amide bonds. The van der Waals surface area contributed by atoms with Crippen molar-refractivity contribution < 1.29 is 14.2 Å². The molecule has 0 spiro atoms. The summed E-state index contributed by atoms with van der Waals surface area (Å²) < 4.78 is 22.8. The minimum absolute atomic E-state index is 0.0369. The van der Waals surface area contributed by atoms with Crippen molar-refractivity contribution in [3.8, 4) is 11.4 Å². The number of piperidine rings is 1. The molecule has 1 aromatic carbocycles. The molecule has 2 atom stereocenters. The van der Waals surface area contributed by atoms with Crippen LogP contribution < -0.4 is 21.1 Å². The van der Waals surface area contributed by atoms with E-state index in [0.29, 0.717) is 23.2 Å². The Balaban J connectivity index is 1.37. The Kier molecular flexibility index (Phi) is 7.10. The van der Waals surface area contributed by atoms with Gasteiger partial charge in [-0.25, -0.2) is 23.4 Å². The molecule has 0 unspecified atom stereocenters.